The summed E-state index contributed by atoms with van der Waals surface area (Å²) in [6.07, 6.45) is 7.77. The molecule has 0 aromatic heterocycles. The standard InChI is InChI=1S/C18H30N2O2/c1-2-3-4-5-6-9-12-20-18(22)17-11-8-7-10-15(17)13-16(19)14-21/h7-8,10-11,16,21H,2-6,9,12-14,19H2,1H3,(H,20,22)/t16-/m1/s1. The molecule has 4 N–H and O–H groups in total. The van der Waals surface area contributed by atoms with Crippen LogP contribution in [0.15, 0.2) is 24.3 Å². The molecule has 0 saturated heterocycles. The van der Waals surface area contributed by atoms with Gasteiger partial charge < -0.3 is 16.2 Å². The van der Waals surface area contributed by atoms with Crippen molar-refractivity contribution in [1.29, 1.82) is 0 Å². The number of nitrogens with two attached hydrogens (primary N) is 1. The third-order valence-electron chi connectivity index (χ3n) is 3.79. The third kappa shape index (κ3) is 7.05. The number of benzene rings is 1. The Morgan fingerprint density at radius 1 is 1.18 bits per heavy atom. The lowest BCUT2D eigenvalue weighted by Gasteiger charge is -2.13. The largest absolute Gasteiger partial charge is 0.395 e. The van der Waals surface area contributed by atoms with Crippen molar-refractivity contribution in [2.24, 2.45) is 5.73 Å². The first-order chi connectivity index (χ1) is 10.7. The van der Waals surface area contributed by atoms with Gasteiger partial charge in [-0.1, -0.05) is 57.2 Å². The van der Waals surface area contributed by atoms with Crippen LogP contribution in [0.3, 0.4) is 0 Å². The number of carbonyl (C=O) groups excluding carboxylic acids is 1. The normalized spacial score (nSPS) is 12.1. The maximum absolute atomic E-state index is 12.3. The summed E-state index contributed by atoms with van der Waals surface area (Å²) >= 11 is 0. The quantitative estimate of drug-likeness (QED) is 0.550. The second-order valence-corrected chi connectivity index (χ2v) is 5.83. The van der Waals surface area contributed by atoms with Gasteiger partial charge >= 0.3 is 0 Å². The minimum atomic E-state index is -0.326. The van der Waals surface area contributed by atoms with Gasteiger partial charge in [0.1, 0.15) is 0 Å². The van der Waals surface area contributed by atoms with E-state index in [1.54, 1.807) is 0 Å². The zero-order valence-corrected chi connectivity index (χ0v) is 13.7. The Morgan fingerprint density at radius 2 is 1.86 bits per heavy atom. The Morgan fingerprint density at radius 3 is 2.59 bits per heavy atom. The molecule has 124 valence electrons. The SMILES string of the molecule is CCCCCCCCNC(=O)c1ccccc1C[C@@H](N)CO. The van der Waals surface area contributed by atoms with Gasteiger partial charge in [-0.25, -0.2) is 0 Å². The van der Waals surface area contributed by atoms with E-state index in [2.05, 4.69) is 12.2 Å². The smallest absolute Gasteiger partial charge is 0.251 e. The van der Waals surface area contributed by atoms with Crippen LogP contribution in [-0.4, -0.2) is 30.2 Å². The van der Waals surface area contributed by atoms with E-state index in [0.29, 0.717) is 18.5 Å². The first kappa shape index (κ1) is 18.7. The second kappa shape index (κ2) is 11.2. The van der Waals surface area contributed by atoms with Crippen molar-refractivity contribution < 1.29 is 9.90 Å². The molecule has 22 heavy (non-hydrogen) atoms. The van der Waals surface area contributed by atoms with Gasteiger partial charge in [0.25, 0.3) is 5.91 Å². The Kier molecular flexibility index (Phi) is 9.51. The number of aliphatic hydroxyl groups is 1. The first-order valence-corrected chi connectivity index (χ1v) is 8.41. The number of carbonyl (C=O) groups is 1. The second-order valence-electron chi connectivity index (χ2n) is 5.83. The summed E-state index contributed by atoms with van der Waals surface area (Å²) in [6, 6.07) is 7.13. The molecule has 0 aliphatic heterocycles. The van der Waals surface area contributed by atoms with Gasteiger partial charge in [0.2, 0.25) is 0 Å². The monoisotopic (exact) mass is 306 g/mol. The molecular formula is C18H30N2O2. The minimum Gasteiger partial charge on any atom is -0.395 e. The summed E-state index contributed by atoms with van der Waals surface area (Å²) in [4.78, 5) is 12.3. The number of aliphatic hydroxyl groups excluding tert-OH is 1. The highest BCUT2D eigenvalue weighted by atomic mass is 16.3. The molecule has 1 atom stereocenters. The molecule has 4 heteroatoms. The molecule has 0 bridgehead atoms. The van der Waals surface area contributed by atoms with E-state index in [1.807, 2.05) is 24.3 Å². The van der Waals surface area contributed by atoms with Gasteiger partial charge in [-0.05, 0) is 24.5 Å². The zero-order valence-electron chi connectivity index (χ0n) is 13.7. The van der Waals surface area contributed by atoms with Gasteiger partial charge in [-0.3, -0.25) is 4.79 Å². The molecule has 0 spiro atoms. The van der Waals surface area contributed by atoms with Gasteiger partial charge in [0.15, 0.2) is 0 Å². The molecule has 0 heterocycles. The van der Waals surface area contributed by atoms with Crippen LogP contribution in [0.1, 0.15) is 61.4 Å². The number of amides is 1. The fourth-order valence-electron chi connectivity index (χ4n) is 2.47. The van der Waals surface area contributed by atoms with Crippen LogP contribution in [-0.2, 0) is 6.42 Å². The van der Waals surface area contributed by atoms with Crippen molar-refractivity contribution in [2.75, 3.05) is 13.2 Å². The topological polar surface area (TPSA) is 75.4 Å². The molecule has 0 aliphatic carbocycles. The molecule has 1 aromatic rings. The van der Waals surface area contributed by atoms with Crippen LogP contribution in [0, 0.1) is 0 Å². The van der Waals surface area contributed by atoms with Crippen LogP contribution in [0.4, 0.5) is 0 Å². The van der Waals surface area contributed by atoms with Crippen LogP contribution in [0.2, 0.25) is 0 Å². The number of hydrogen-bond acceptors (Lipinski definition) is 3. The van der Waals surface area contributed by atoms with Gasteiger partial charge in [-0.2, -0.15) is 0 Å². The summed E-state index contributed by atoms with van der Waals surface area (Å²) in [5.74, 6) is -0.0469. The van der Waals surface area contributed by atoms with Crippen molar-refractivity contribution in [2.45, 2.75) is 57.9 Å². The predicted molar refractivity (Wildman–Crippen MR) is 90.9 cm³/mol. The van der Waals surface area contributed by atoms with Crippen molar-refractivity contribution in [3.05, 3.63) is 35.4 Å². The van der Waals surface area contributed by atoms with Crippen molar-refractivity contribution in [3.8, 4) is 0 Å². The van der Waals surface area contributed by atoms with Crippen molar-refractivity contribution in [3.63, 3.8) is 0 Å². The predicted octanol–water partition coefficient (Wildman–Crippen LogP) is 2.64. The van der Waals surface area contributed by atoms with Gasteiger partial charge in [-0.15, -0.1) is 0 Å². The summed E-state index contributed by atoms with van der Waals surface area (Å²) in [6.45, 7) is 2.85. The Bertz CT molecular complexity index is 435. The van der Waals surface area contributed by atoms with Gasteiger partial charge in [0.05, 0.1) is 6.61 Å². The zero-order chi connectivity index (χ0) is 16.2. The Balaban J connectivity index is 2.38. The van der Waals surface area contributed by atoms with Crippen molar-refractivity contribution >= 4 is 5.91 Å². The number of rotatable bonds is 11. The van der Waals surface area contributed by atoms with E-state index in [9.17, 15) is 4.79 Å². The highest BCUT2D eigenvalue weighted by molar-refractivity contribution is 5.95. The molecule has 0 fully saturated rings. The number of hydrogen-bond donors (Lipinski definition) is 3. The fraction of sp³-hybridized carbons (Fsp3) is 0.611. The Hall–Kier alpha value is -1.39. The molecule has 0 saturated carbocycles. The van der Waals surface area contributed by atoms with E-state index >= 15 is 0 Å². The fourth-order valence-corrected chi connectivity index (χ4v) is 2.47. The van der Waals surface area contributed by atoms with E-state index in [4.69, 9.17) is 10.8 Å². The molecule has 0 aliphatic rings. The number of unbranched alkanes of at least 4 members (excludes halogenated alkanes) is 5. The maximum atomic E-state index is 12.3. The molecule has 1 amide bonds. The highest BCUT2D eigenvalue weighted by Gasteiger charge is 2.12. The van der Waals surface area contributed by atoms with Crippen LogP contribution in [0.5, 0.6) is 0 Å². The molecule has 1 aromatic carbocycles. The van der Waals surface area contributed by atoms with Crippen molar-refractivity contribution in [1.82, 2.24) is 5.32 Å². The molecule has 0 radical (unpaired) electrons. The summed E-state index contributed by atoms with van der Waals surface area (Å²) in [5.41, 5.74) is 7.33. The van der Waals surface area contributed by atoms with E-state index in [0.717, 1.165) is 18.4 Å². The Labute approximate surface area is 134 Å². The van der Waals surface area contributed by atoms with Crippen LogP contribution >= 0.6 is 0 Å². The average Bonchev–Trinajstić information content (AvgIpc) is 2.54. The third-order valence-corrected chi connectivity index (χ3v) is 3.79. The summed E-state index contributed by atoms with van der Waals surface area (Å²) < 4.78 is 0. The van der Waals surface area contributed by atoms with Crippen LogP contribution in [0.25, 0.3) is 0 Å². The molecule has 1 rings (SSSR count). The molecule has 4 nitrogen and oxygen atoms in total. The van der Waals surface area contributed by atoms with Crippen LogP contribution < -0.4 is 11.1 Å². The lowest BCUT2D eigenvalue weighted by molar-refractivity contribution is 0.0951. The lowest BCUT2D eigenvalue weighted by atomic mass is 10.0. The van der Waals surface area contributed by atoms with E-state index in [1.165, 1.54) is 25.7 Å². The molecular weight excluding hydrogens is 276 g/mol. The maximum Gasteiger partial charge on any atom is 0.251 e. The lowest BCUT2D eigenvalue weighted by Crippen LogP contribution is -2.30. The summed E-state index contributed by atoms with van der Waals surface area (Å²) in [7, 11) is 0. The average molecular weight is 306 g/mol. The van der Waals surface area contributed by atoms with Gasteiger partial charge in [0, 0.05) is 18.2 Å². The number of nitrogens with one attached hydrogen (secondary N) is 1. The highest BCUT2D eigenvalue weighted by Crippen LogP contribution is 2.11. The van der Waals surface area contributed by atoms with E-state index < -0.39 is 0 Å². The first-order valence-electron chi connectivity index (χ1n) is 8.41. The molecule has 0 unspecified atom stereocenters. The van der Waals surface area contributed by atoms with E-state index in [-0.39, 0.29) is 18.6 Å². The minimum absolute atomic E-state index is 0.0469. The summed E-state index contributed by atoms with van der Waals surface area (Å²) in [5, 5.41) is 12.0.